The second-order valence-corrected chi connectivity index (χ2v) is 32.3. The molecule has 0 radical (unpaired) electrons. The lowest BCUT2D eigenvalue weighted by molar-refractivity contribution is -1.12. The number of quaternary nitrogens is 3. The summed E-state index contributed by atoms with van der Waals surface area (Å²) in [4.78, 5) is 34.4. The fraction of sp³-hybridized carbons (Fsp3) is 0.438. The minimum atomic E-state index is -0.0569. The van der Waals surface area contributed by atoms with Crippen molar-refractivity contribution in [2.45, 2.75) is 188 Å². The molecule has 700 valence electrons. The maximum absolute atomic E-state index is 10.5. The molecule has 7 N–H and O–H groups in total. The average molecular weight is 1750 g/mol. The van der Waals surface area contributed by atoms with Crippen molar-refractivity contribution in [1.82, 2.24) is 63.0 Å². The minimum Gasteiger partial charge on any atom is -0.361 e. The standard InChI is InChI=1S/C14H19N2O.C14H18N2.C13H17N2O.C13H16N2.C11H15N2O.C11H14N2.C8H7N.C5H11N.C4H9N.C2H7N.3CH2O.7CH4/c17-16(10-4-1-5-11-16)12-15-9-8-13-6-2-3-7-14(13)15;1-4-9-15(10-5-1)12-16-11-8-13-6-2-3-7-14(13)16;16-15(9-3-4-10-15)11-14-8-7-12-5-1-2-6-13(12)14;1-2-6-13-12(5-1)7-10-15(13)11-14-8-3-4-9-14;1-13(2,14)9-12-8-7-10-5-3-4-6-11(10)12;1-12(2)9-13-8-7-10-5-3-4-6-11(10)13;1-2-4-8-7(3-1)5-6-9-8;1-2-4-6-5-3-1;1-2-4-5-3-1;1-3-2;3*1-2;;;;;;;/h2-3,6-9,17H,1,4-5,10-12H2;2-3,6-8,11H,1,4-5,9-10,12H2;1-2,5-8,16H,3-4,9-11H2;1-2,5-7,10H,3-4,8-9,11H2;3-8,14H,9H2,1-2H3;3-8H,9H2,1-2H3;1-6,9H;6H,1-5H2;5H,1-4H2;3H,1-2H3;3*1H2;7*1H4/q+1;;+1;;+1;;;;;;;;;;;;;;;. The zero-order chi connectivity index (χ0) is 85.6. The van der Waals surface area contributed by atoms with Gasteiger partial charge in [0.15, 0.2) is 20.0 Å². The number of hydroxylamine groups is 9. The van der Waals surface area contributed by atoms with E-state index in [1.54, 1.807) is 14.1 Å². The molecular weight excluding hydrogens is 1580 g/mol. The summed E-state index contributed by atoms with van der Waals surface area (Å²) in [5.41, 5.74) is 8.80. The van der Waals surface area contributed by atoms with Gasteiger partial charge >= 0.3 is 0 Å². The first-order valence-corrected chi connectivity index (χ1v) is 43.1. The van der Waals surface area contributed by atoms with Gasteiger partial charge in [-0.25, -0.2) is 15.6 Å². The van der Waals surface area contributed by atoms with Crippen LogP contribution in [-0.2, 0) is 54.4 Å². The number of rotatable bonds is 12. The number of likely N-dealkylation sites (tertiary alicyclic amines) is 4. The number of hydrogen-bond donors (Lipinski definition) is 7. The first-order valence-electron chi connectivity index (χ1n) is 43.1. The van der Waals surface area contributed by atoms with Crippen LogP contribution in [0, 0.1) is 0 Å². The van der Waals surface area contributed by atoms with E-state index >= 15 is 0 Å². The first-order chi connectivity index (χ1) is 58.6. The number of nitrogens with zero attached hydrogens (tertiary/aromatic N) is 12. The molecule has 127 heavy (non-hydrogen) atoms. The third kappa shape index (κ3) is 38.0. The molecule has 0 atom stereocenters. The topological polar surface area (TPSA) is 203 Å². The van der Waals surface area contributed by atoms with E-state index < -0.39 is 0 Å². The van der Waals surface area contributed by atoms with Crippen molar-refractivity contribution in [3.8, 4) is 0 Å². The normalized spacial score (nSPS) is 14.9. The zero-order valence-corrected chi connectivity index (χ0v) is 72.6. The summed E-state index contributed by atoms with van der Waals surface area (Å²) in [7, 11) is 11.4. The van der Waals surface area contributed by atoms with Crippen LogP contribution >= 0.6 is 0 Å². The van der Waals surface area contributed by atoms with Crippen molar-refractivity contribution < 1.29 is 43.9 Å². The van der Waals surface area contributed by atoms with Crippen LogP contribution in [0.1, 0.15) is 148 Å². The molecule has 6 fully saturated rings. The Hall–Kier alpha value is -10.2. The molecule has 7 aromatic heterocycles. The highest BCUT2D eigenvalue weighted by Gasteiger charge is 2.32. The smallest absolute Gasteiger partial charge is 0.188 e. The molecule has 20 rings (SSSR count). The van der Waals surface area contributed by atoms with Crippen LogP contribution in [0.15, 0.2) is 256 Å². The Labute approximate surface area is 764 Å². The van der Waals surface area contributed by atoms with Gasteiger partial charge in [-0.2, -0.15) is 13.9 Å². The maximum Gasteiger partial charge on any atom is 0.188 e. The number of aromatic nitrogens is 7. The summed E-state index contributed by atoms with van der Waals surface area (Å²) in [6.45, 7) is 24.5. The highest BCUT2D eigenvalue weighted by atomic mass is 16.6. The lowest BCUT2D eigenvalue weighted by Crippen LogP contribution is -2.49. The van der Waals surface area contributed by atoms with Crippen molar-refractivity contribution in [3.63, 3.8) is 0 Å². The van der Waals surface area contributed by atoms with E-state index in [1.807, 2.05) is 83.3 Å². The molecule has 7 aromatic carbocycles. The number of hydrogen-bond acceptors (Lipinski definition) is 12. The van der Waals surface area contributed by atoms with Gasteiger partial charge in [0.25, 0.3) is 0 Å². The van der Waals surface area contributed by atoms with Gasteiger partial charge in [0.1, 0.15) is 46.5 Å². The Morgan fingerprint density at radius 1 is 0.346 bits per heavy atom. The molecule has 6 saturated heterocycles. The molecule has 0 amide bonds. The van der Waals surface area contributed by atoms with Gasteiger partial charge in [-0.15, -0.1) is 0 Å². The molecule has 0 saturated carbocycles. The largest absolute Gasteiger partial charge is 0.361 e. The second-order valence-electron chi connectivity index (χ2n) is 32.3. The molecule has 22 heteroatoms. The van der Waals surface area contributed by atoms with Gasteiger partial charge < -0.3 is 49.0 Å². The zero-order valence-electron chi connectivity index (χ0n) is 72.6. The summed E-state index contributed by atoms with van der Waals surface area (Å²) in [6, 6.07) is 73.6. The molecule has 14 aromatic rings. The summed E-state index contributed by atoms with van der Waals surface area (Å²) >= 11 is 0. The lowest BCUT2D eigenvalue weighted by atomic mass is 10.1. The van der Waals surface area contributed by atoms with E-state index in [2.05, 4.69) is 284 Å². The molecule has 0 aliphatic carbocycles. The number of H-pyrrole nitrogens is 1. The van der Waals surface area contributed by atoms with E-state index in [-0.39, 0.29) is 65.9 Å². The lowest BCUT2D eigenvalue weighted by Gasteiger charge is -2.33. The average Bonchev–Trinajstić information content (AvgIpc) is 1.64. The quantitative estimate of drug-likeness (QED) is 0.0451. The molecule has 0 bridgehead atoms. The predicted molar refractivity (Wildman–Crippen MR) is 543 cm³/mol. The van der Waals surface area contributed by atoms with Gasteiger partial charge in [-0.3, -0.25) is 28.4 Å². The molecule has 0 spiro atoms. The van der Waals surface area contributed by atoms with E-state index in [0.717, 1.165) is 77.4 Å². The third-order valence-corrected chi connectivity index (χ3v) is 21.9. The van der Waals surface area contributed by atoms with E-state index in [9.17, 15) is 15.6 Å². The van der Waals surface area contributed by atoms with Crippen molar-refractivity contribution in [2.75, 3.05) is 121 Å². The molecule has 13 heterocycles. The second kappa shape index (κ2) is 62.9. The molecular formula is C105H167N16O6+3. The van der Waals surface area contributed by atoms with Crippen LogP contribution in [0.2, 0.25) is 0 Å². The Morgan fingerprint density at radius 3 is 0.929 bits per heavy atom. The van der Waals surface area contributed by atoms with Crippen LogP contribution in [0.5, 0.6) is 0 Å². The Balaban J connectivity index is 0.000000711. The number of fused-ring (bicyclic) bond motifs is 7. The summed E-state index contributed by atoms with van der Waals surface area (Å²) in [6.07, 6.45) is 34.3. The fourth-order valence-corrected chi connectivity index (χ4v) is 16.0. The number of piperidine rings is 3. The first kappa shape index (κ1) is 115. The van der Waals surface area contributed by atoms with Crippen molar-refractivity contribution >= 4 is 96.7 Å². The monoisotopic (exact) mass is 1750 g/mol. The van der Waals surface area contributed by atoms with Crippen LogP contribution < -0.4 is 16.0 Å². The van der Waals surface area contributed by atoms with E-state index in [4.69, 9.17) is 14.4 Å². The molecule has 0 unspecified atom stereocenters. The summed E-state index contributed by atoms with van der Waals surface area (Å²) in [5, 5.41) is 48.8. The number of nitrogens with one attached hydrogen (secondary N) is 4. The molecule has 22 nitrogen and oxygen atoms in total. The summed E-state index contributed by atoms with van der Waals surface area (Å²) in [5.74, 6) is 0. The Morgan fingerprint density at radius 2 is 0.606 bits per heavy atom. The van der Waals surface area contributed by atoms with Gasteiger partial charge in [0.2, 0.25) is 0 Å². The number of carbonyl (C=O) groups excluding carboxylic acids is 3. The number of para-hydroxylation sites is 7. The molecule has 6 aliphatic rings. The number of carbonyl (C=O) groups is 3. The predicted octanol–water partition coefficient (Wildman–Crippen LogP) is 22.6. The maximum atomic E-state index is 10.5. The highest BCUT2D eigenvalue weighted by Crippen LogP contribution is 2.26. The van der Waals surface area contributed by atoms with E-state index in [1.165, 1.54) is 194 Å². The van der Waals surface area contributed by atoms with Gasteiger partial charge in [-0.1, -0.05) is 192 Å². The Bertz CT molecular complexity index is 5020. The molecule has 6 aliphatic heterocycles. The van der Waals surface area contributed by atoms with E-state index in [0.29, 0.717) is 20.0 Å². The van der Waals surface area contributed by atoms with Gasteiger partial charge in [0.05, 0.1) is 50.7 Å². The van der Waals surface area contributed by atoms with Crippen LogP contribution in [0.4, 0.5) is 0 Å². The van der Waals surface area contributed by atoms with Gasteiger partial charge in [-0.05, 0) is 274 Å². The Kier molecular flexibility index (Phi) is 56.9. The SMILES string of the molecule is C.C.C.C.C.C.C.C1CCNC1.C1CCNCC1.C=O.C=O.C=O.CN(C)Cn1ccc2ccccc21.CNC.C[N+](C)(O)Cn1ccc2ccccc21.O[N+]1(Cn2ccc3ccccc32)CCCC1.O[N+]1(Cn2ccc3ccccc32)CCCCC1.c1ccc2[nH]ccc2c1.c1ccc2c(c1)ccn2CN1CCCC1.c1ccc2c(c1)ccn2CN1CCCCC1. The highest BCUT2D eigenvalue weighted by molar-refractivity contribution is 5.84. The fourth-order valence-electron chi connectivity index (χ4n) is 16.0. The van der Waals surface area contributed by atoms with Crippen LogP contribution in [0.3, 0.4) is 0 Å². The van der Waals surface area contributed by atoms with Crippen molar-refractivity contribution in [3.05, 3.63) is 256 Å². The van der Waals surface area contributed by atoms with Crippen molar-refractivity contribution in [2.24, 2.45) is 0 Å². The third-order valence-electron chi connectivity index (χ3n) is 21.9. The van der Waals surface area contributed by atoms with Crippen LogP contribution in [-0.4, -0.2) is 218 Å². The summed E-state index contributed by atoms with van der Waals surface area (Å²) < 4.78 is 13.7. The van der Waals surface area contributed by atoms with Crippen molar-refractivity contribution in [1.29, 1.82) is 0 Å². The minimum absolute atomic E-state index is 0. The van der Waals surface area contributed by atoms with Crippen LogP contribution in [0.25, 0.3) is 76.3 Å². The van der Waals surface area contributed by atoms with Gasteiger partial charge in [0, 0.05) is 78.3 Å². The number of benzene rings is 7. The number of aromatic amines is 1.